The Balaban J connectivity index is 0.000000490. The fraction of sp³-hybridized carbons (Fsp3) is 0. The number of benzene rings is 1. The predicted octanol–water partition coefficient (Wildman–Crippen LogP) is 1.44. The van der Waals surface area contributed by atoms with Crippen molar-refractivity contribution in [2.24, 2.45) is 0 Å². The van der Waals surface area contributed by atoms with E-state index in [9.17, 15) is 0 Å². The van der Waals surface area contributed by atoms with Crippen LogP contribution in [0.1, 0.15) is 0 Å². The normalized spacial score (nSPS) is 7.75. The average molecular weight is 359 g/mol. The van der Waals surface area contributed by atoms with Crippen LogP contribution in [0.2, 0.25) is 0 Å². The minimum atomic E-state index is 0. The summed E-state index contributed by atoms with van der Waals surface area (Å²) in [7, 11) is 0. The summed E-state index contributed by atoms with van der Waals surface area (Å²) in [4.78, 5) is 0. The van der Waals surface area contributed by atoms with Crippen molar-refractivity contribution in [1.29, 1.82) is 0 Å². The van der Waals surface area contributed by atoms with Gasteiger partial charge in [-0.2, -0.15) is 0 Å². The molecule has 0 aliphatic carbocycles. The van der Waals surface area contributed by atoms with Gasteiger partial charge < -0.3 is 0 Å². The van der Waals surface area contributed by atoms with Crippen LogP contribution in [0.4, 0.5) is 0 Å². The molecule has 0 aliphatic heterocycles. The molecule has 1 rings (SSSR count). The summed E-state index contributed by atoms with van der Waals surface area (Å²) in [5.74, 6) is 0. The van der Waals surface area contributed by atoms with Crippen LogP contribution < -0.4 is 3.07 Å². The zero-order valence-corrected chi connectivity index (χ0v) is 11.7. The van der Waals surface area contributed by atoms with Crippen LogP contribution in [-0.2, 0) is 26.1 Å². The summed E-state index contributed by atoms with van der Waals surface area (Å²) in [5.41, 5.74) is 0. The van der Waals surface area contributed by atoms with E-state index in [0.717, 1.165) is 26.1 Å². The van der Waals surface area contributed by atoms with E-state index in [4.69, 9.17) is 0 Å². The molecule has 0 N–H and O–H groups in total. The first-order chi connectivity index (χ1) is 3.39. The Morgan fingerprint density at radius 3 is 1.75 bits per heavy atom. The van der Waals surface area contributed by atoms with E-state index in [1.54, 1.807) is 0 Å². The third-order valence-corrected chi connectivity index (χ3v) is 2.68. The number of rotatable bonds is 0. The SMILES string of the molecule is Br.[Hg][c]1ccccc1. The first kappa shape index (κ1) is 8.64. The standard InChI is InChI=1S/C6H5.BrH.Hg/c1-2-4-6-5-3-1;;/h1-5H;1H;. The second kappa shape index (κ2) is 4.51. The molecule has 2 heteroatoms. The molecule has 0 bridgehead atoms. The first-order valence-corrected chi connectivity index (χ1v) is 5.01. The molecule has 0 spiro atoms. The maximum atomic E-state index is 2.17. The van der Waals surface area contributed by atoms with E-state index < -0.39 is 0 Å². The monoisotopic (exact) mass is 359 g/mol. The van der Waals surface area contributed by atoms with Gasteiger partial charge in [-0.05, 0) is 0 Å². The summed E-state index contributed by atoms with van der Waals surface area (Å²) in [6.45, 7) is 0. The fourth-order valence-corrected chi connectivity index (χ4v) is 1.54. The topological polar surface area (TPSA) is 0 Å². The van der Waals surface area contributed by atoms with E-state index in [1.165, 1.54) is 3.07 Å². The number of hydrogen-bond acceptors (Lipinski definition) is 0. The van der Waals surface area contributed by atoms with Gasteiger partial charge in [0.25, 0.3) is 0 Å². The Morgan fingerprint density at radius 2 is 1.50 bits per heavy atom. The van der Waals surface area contributed by atoms with Gasteiger partial charge in [0.05, 0.1) is 0 Å². The summed E-state index contributed by atoms with van der Waals surface area (Å²) in [5, 5.41) is 0. The molecule has 39 valence electrons. The fourth-order valence-electron chi connectivity index (χ4n) is 0.478. The molecular formula is C6H6BrHg. The second-order valence-corrected chi connectivity index (χ2v) is 4.66. The molecule has 0 atom stereocenters. The van der Waals surface area contributed by atoms with Gasteiger partial charge in [0.2, 0.25) is 0 Å². The molecular weight excluding hydrogens is 353 g/mol. The van der Waals surface area contributed by atoms with Crippen LogP contribution >= 0.6 is 17.0 Å². The van der Waals surface area contributed by atoms with Crippen molar-refractivity contribution in [3.05, 3.63) is 30.3 Å². The summed E-state index contributed by atoms with van der Waals surface area (Å²) in [6, 6.07) is 10.6. The van der Waals surface area contributed by atoms with Gasteiger partial charge >= 0.3 is 59.5 Å². The van der Waals surface area contributed by atoms with Crippen molar-refractivity contribution in [1.82, 2.24) is 0 Å². The third kappa shape index (κ3) is 2.83. The Labute approximate surface area is 76.0 Å². The molecule has 0 radical (unpaired) electrons. The first-order valence-electron chi connectivity index (χ1n) is 2.26. The van der Waals surface area contributed by atoms with Crippen molar-refractivity contribution in [3.63, 3.8) is 0 Å². The van der Waals surface area contributed by atoms with Gasteiger partial charge in [-0.1, -0.05) is 0 Å². The van der Waals surface area contributed by atoms with Crippen molar-refractivity contribution < 1.29 is 26.1 Å². The van der Waals surface area contributed by atoms with Gasteiger partial charge in [0.15, 0.2) is 0 Å². The summed E-state index contributed by atoms with van der Waals surface area (Å²) < 4.78 is 1.52. The van der Waals surface area contributed by atoms with Crippen LogP contribution in [-0.4, -0.2) is 0 Å². The van der Waals surface area contributed by atoms with Gasteiger partial charge in [0.1, 0.15) is 0 Å². The van der Waals surface area contributed by atoms with E-state index in [0.29, 0.717) is 0 Å². The summed E-state index contributed by atoms with van der Waals surface area (Å²) in [6.07, 6.45) is 0. The number of hydrogen-bond donors (Lipinski definition) is 0. The molecule has 8 heavy (non-hydrogen) atoms. The third-order valence-electron chi connectivity index (χ3n) is 0.843. The van der Waals surface area contributed by atoms with Crippen LogP contribution in [0.25, 0.3) is 0 Å². The van der Waals surface area contributed by atoms with E-state index in [1.807, 2.05) is 0 Å². The Bertz CT molecular complexity index is 138. The van der Waals surface area contributed by atoms with Crippen molar-refractivity contribution in [3.8, 4) is 0 Å². The van der Waals surface area contributed by atoms with E-state index in [-0.39, 0.29) is 17.0 Å². The average Bonchev–Trinajstić information content (AvgIpc) is 1.69. The molecule has 1 aromatic rings. The molecule has 0 unspecified atom stereocenters. The molecule has 0 amide bonds. The molecule has 0 nitrogen and oxygen atoms in total. The van der Waals surface area contributed by atoms with Gasteiger partial charge in [-0.15, -0.1) is 17.0 Å². The Hall–Kier alpha value is 0.635. The van der Waals surface area contributed by atoms with Crippen LogP contribution in [0, 0.1) is 0 Å². The predicted molar refractivity (Wildman–Crippen MR) is 36.4 cm³/mol. The van der Waals surface area contributed by atoms with Crippen LogP contribution in [0.3, 0.4) is 0 Å². The number of halogens is 1. The molecule has 0 aromatic heterocycles. The molecule has 0 saturated heterocycles. The molecule has 0 fully saturated rings. The van der Waals surface area contributed by atoms with Gasteiger partial charge in [-0.3, -0.25) is 0 Å². The van der Waals surface area contributed by atoms with Crippen LogP contribution in [0.5, 0.6) is 0 Å². The van der Waals surface area contributed by atoms with Crippen molar-refractivity contribution in [2.75, 3.05) is 0 Å². The van der Waals surface area contributed by atoms with Crippen molar-refractivity contribution >= 4 is 20.1 Å². The molecule has 1 aromatic carbocycles. The summed E-state index contributed by atoms with van der Waals surface area (Å²) >= 11 is 0.810. The zero-order valence-electron chi connectivity index (χ0n) is 4.50. The zero-order chi connectivity index (χ0) is 5.11. The molecule has 0 aliphatic rings. The Kier molecular flexibility index (Phi) is 4.87. The second-order valence-electron chi connectivity index (χ2n) is 1.49. The van der Waals surface area contributed by atoms with Gasteiger partial charge in [0, 0.05) is 0 Å². The van der Waals surface area contributed by atoms with E-state index >= 15 is 0 Å². The van der Waals surface area contributed by atoms with Crippen LogP contribution in [0.15, 0.2) is 30.3 Å². The Morgan fingerprint density at radius 1 is 1.00 bits per heavy atom. The minimum absolute atomic E-state index is 0. The molecule has 0 heterocycles. The van der Waals surface area contributed by atoms with E-state index in [2.05, 4.69) is 30.3 Å². The molecule has 0 saturated carbocycles. The maximum absolute atomic E-state index is 2.17. The van der Waals surface area contributed by atoms with Gasteiger partial charge in [-0.25, -0.2) is 0 Å². The quantitative estimate of drug-likeness (QED) is 0.616. The van der Waals surface area contributed by atoms with Crippen molar-refractivity contribution in [2.45, 2.75) is 0 Å².